The number of carbonyl (C=O) groups is 13. The molecule has 118 heavy (non-hydrogen) atoms. The first-order valence-electron chi connectivity index (χ1n) is 40.6. The summed E-state index contributed by atoms with van der Waals surface area (Å²) in [4.78, 5) is 174. The molecule has 1 aromatic carbocycles. The van der Waals surface area contributed by atoms with Crippen LogP contribution in [0, 0.1) is 11.3 Å². The lowest BCUT2D eigenvalue weighted by Gasteiger charge is -2.32. The quantitative estimate of drug-likeness (QED) is 0.0192. The summed E-state index contributed by atoms with van der Waals surface area (Å²) in [5.74, 6) is -5.67. The van der Waals surface area contributed by atoms with Crippen molar-refractivity contribution in [3.8, 4) is 5.75 Å². The molecular weight excluding hydrogens is 1550 g/mol. The molecule has 0 aromatic heterocycles. The summed E-state index contributed by atoms with van der Waals surface area (Å²) in [6, 6.07) is 3.03. The normalized spacial score (nSPS) is 12.1. The van der Waals surface area contributed by atoms with Gasteiger partial charge in [-0.05, 0) is 140 Å². The highest BCUT2D eigenvalue weighted by molar-refractivity contribution is 5.94. The van der Waals surface area contributed by atoms with Crippen molar-refractivity contribution in [2.75, 3.05) is 163 Å². The largest absolute Gasteiger partial charge is 0.481 e. The van der Waals surface area contributed by atoms with Gasteiger partial charge >= 0.3 is 30.2 Å². The number of benzene rings is 1. The molecule has 16 N–H and O–H groups in total. The molecule has 0 saturated carbocycles. The molecular formula is C79H136N12O27. The first-order chi connectivity index (χ1) is 56.2. The highest BCUT2D eigenvalue weighted by Crippen LogP contribution is 2.32. The maximum Gasteiger partial charge on any atom is 0.407 e. The standard InChI is InChI=1S/C78H136N12O25.CO2/c1-57(77(2,3)4)52-59(89-76(105)115-78(5,6)7)53-58-26-27-63(114-73(102)25-13-31-88-75(104)61(80)19-9-11-29-82-65(92)22-15-37-107-45-49-111-41-33-84-67(94)24-17-39-109-47-51-113-43-35-86-70(97)56-72(100)101)62(54-58)90-68(95)20-12-30-87-74(103)60(79)18-8-10-28-81-64(91)21-14-36-106-44-48-110-40-32-83-66(93)23-16-38-108-46-50-112-42-34-85-69(96)55-71(98)99;2-1-3/h26-27,54,57,59-61H,8-25,28-53,55-56,79-80H2,1-7H3,(H,81,91)(H,82,92)(H,83,93)(H,84,94)(H,85,96)(H,86,97)(H,87,103)(H,88,104)(H,89,105)(H,90,95)(H,98,99)(H,100,101);/t57?,59-,60+,61+;/m1./s1. The van der Waals surface area contributed by atoms with E-state index in [4.69, 9.17) is 78.6 Å². The number of carboxylic acids is 2. The van der Waals surface area contributed by atoms with Crippen LogP contribution in [-0.4, -0.2) is 275 Å². The van der Waals surface area contributed by atoms with Crippen LogP contribution in [0.4, 0.5) is 10.5 Å². The molecule has 0 heterocycles. The van der Waals surface area contributed by atoms with Gasteiger partial charge < -0.3 is 122 Å². The third-order valence-electron chi connectivity index (χ3n) is 17.0. The third kappa shape index (κ3) is 68.1. The van der Waals surface area contributed by atoms with Crippen molar-refractivity contribution in [1.29, 1.82) is 0 Å². The van der Waals surface area contributed by atoms with E-state index in [-0.39, 0.29) is 155 Å². The number of carbonyl (C=O) groups excluding carboxylic acids is 13. The summed E-state index contributed by atoms with van der Waals surface area (Å²) in [7, 11) is 0. The van der Waals surface area contributed by atoms with Crippen LogP contribution in [0.5, 0.6) is 5.75 Å². The number of rotatable bonds is 71. The topological polar surface area (TPSA) is 561 Å². The lowest BCUT2D eigenvalue weighted by atomic mass is 9.78. The number of esters is 1. The van der Waals surface area contributed by atoms with E-state index in [1.165, 1.54) is 0 Å². The van der Waals surface area contributed by atoms with Gasteiger partial charge in [0.05, 0.1) is 97.1 Å². The molecule has 10 amide bonds. The molecule has 1 aromatic rings. The molecule has 39 heteroatoms. The molecule has 0 aliphatic heterocycles. The lowest BCUT2D eigenvalue weighted by Crippen LogP contribution is -2.42. The van der Waals surface area contributed by atoms with Crippen molar-refractivity contribution in [2.24, 2.45) is 22.8 Å². The Morgan fingerprint density at radius 3 is 1.12 bits per heavy atom. The second kappa shape index (κ2) is 70.0. The molecule has 0 aliphatic carbocycles. The van der Waals surface area contributed by atoms with Gasteiger partial charge in [-0.2, -0.15) is 9.59 Å². The molecule has 0 saturated heterocycles. The predicted molar refractivity (Wildman–Crippen MR) is 430 cm³/mol. The summed E-state index contributed by atoms with van der Waals surface area (Å²) in [6.07, 6.45) is 6.06. The fourth-order valence-electron chi connectivity index (χ4n) is 10.3. The summed E-state index contributed by atoms with van der Waals surface area (Å²) in [5.41, 5.74) is 12.5. The summed E-state index contributed by atoms with van der Waals surface area (Å²) in [5, 5.41) is 44.7. The predicted octanol–water partition coefficient (Wildman–Crippen LogP) is 2.14. The SMILES string of the molecule is CC(C[C@H](Cc1ccc(OC(=O)CCCNC(=O)[C@@H](N)CCCCNC(=O)CCCOCCOCCNC(=O)CCCOCCOCCNC(=O)CC(=O)O)c(NC(=O)CCCNC(=O)[C@@H](N)CCCCNC(=O)CCCOCCOCCNC(=O)CCCOCCOCCNC(=O)CC(=O)O)c1)NC(=O)OC(C)(C)C)C(C)(C)C.O=C=O. The van der Waals surface area contributed by atoms with E-state index in [1.807, 2.05) is 0 Å². The minimum Gasteiger partial charge on any atom is -0.481 e. The number of alkyl carbamates (subject to hydrolysis) is 1. The van der Waals surface area contributed by atoms with Crippen molar-refractivity contribution in [3.05, 3.63) is 23.8 Å². The van der Waals surface area contributed by atoms with Gasteiger partial charge in [0.2, 0.25) is 53.2 Å². The van der Waals surface area contributed by atoms with E-state index in [0.29, 0.717) is 196 Å². The number of aliphatic carboxylic acids is 2. The Labute approximate surface area is 692 Å². The summed E-state index contributed by atoms with van der Waals surface area (Å²) < 4.78 is 55.0. The number of anilines is 1. The van der Waals surface area contributed by atoms with Crippen LogP contribution in [0.25, 0.3) is 0 Å². The van der Waals surface area contributed by atoms with E-state index in [0.717, 1.165) is 5.56 Å². The fourth-order valence-corrected chi connectivity index (χ4v) is 10.3. The van der Waals surface area contributed by atoms with Crippen LogP contribution in [0.1, 0.15) is 189 Å². The Kier molecular flexibility index (Phi) is 64.7. The zero-order valence-corrected chi connectivity index (χ0v) is 70.3. The van der Waals surface area contributed by atoms with E-state index >= 15 is 0 Å². The van der Waals surface area contributed by atoms with E-state index in [9.17, 15) is 62.3 Å². The molecule has 1 unspecified atom stereocenters. The van der Waals surface area contributed by atoms with E-state index < -0.39 is 78.2 Å². The van der Waals surface area contributed by atoms with E-state index in [2.05, 4.69) is 80.9 Å². The molecule has 39 nitrogen and oxygen atoms in total. The van der Waals surface area contributed by atoms with Crippen molar-refractivity contribution in [3.63, 3.8) is 0 Å². The Hall–Kier alpha value is -8.89. The highest BCUT2D eigenvalue weighted by Gasteiger charge is 2.28. The van der Waals surface area contributed by atoms with Gasteiger partial charge in [-0.3, -0.25) is 57.5 Å². The van der Waals surface area contributed by atoms with Crippen molar-refractivity contribution < 1.29 is 129 Å². The summed E-state index contributed by atoms with van der Waals surface area (Å²) in [6.45, 7) is 21.0. The van der Waals surface area contributed by atoms with Crippen LogP contribution in [-0.2, 0) is 116 Å². The highest BCUT2D eigenvalue weighted by atomic mass is 16.6. The number of nitrogens with two attached hydrogens (primary N) is 2. The van der Waals surface area contributed by atoms with Gasteiger partial charge in [-0.15, -0.1) is 0 Å². The smallest absolute Gasteiger partial charge is 0.407 e. The second-order valence-electron chi connectivity index (χ2n) is 29.5. The van der Waals surface area contributed by atoms with Crippen LogP contribution in [0.2, 0.25) is 0 Å². The molecule has 1 rings (SSSR count). The molecule has 0 bridgehead atoms. The van der Waals surface area contributed by atoms with Gasteiger partial charge in [0.15, 0.2) is 5.75 Å². The number of hydrogen-bond acceptors (Lipinski definition) is 27. The Balaban J connectivity index is 0.0000449. The minimum absolute atomic E-state index is 0.0166. The zero-order valence-electron chi connectivity index (χ0n) is 70.3. The van der Waals surface area contributed by atoms with Gasteiger partial charge in [-0.1, -0.05) is 33.8 Å². The Morgan fingerprint density at radius 1 is 0.415 bits per heavy atom. The van der Waals surface area contributed by atoms with Crippen molar-refractivity contribution in [2.45, 2.75) is 213 Å². The second-order valence-corrected chi connectivity index (χ2v) is 29.5. The Bertz CT molecular complexity index is 3080. The number of nitrogens with one attached hydrogen (secondary N) is 10. The number of unbranched alkanes of at least 4 members (excludes halogenated alkanes) is 2. The maximum absolute atomic E-state index is 13.6. The third-order valence-corrected chi connectivity index (χ3v) is 17.0. The minimum atomic E-state index is -1.20. The van der Waals surface area contributed by atoms with Crippen molar-refractivity contribution >= 4 is 89.0 Å². The number of amides is 10. The van der Waals surface area contributed by atoms with Gasteiger partial charge in [-0.25, -0.2) is 4.79 Å². The first kappa shape index (κ1) is 109. The number of carboxylic acid groups (broad SMARTS) is 2. The van der Waals surface area contributed by atoms with Crippen LogP contribution in [0.3, 0.4) is 0 Å². The van der Waals surface area contributed by atoms with Crippen LogP contribution >= 0.6 is 0 Å². The molecule has 0 aliphatic rings. The first-order valence-corrected chi connectivity index (χ1v) is 40.6. The average molecular weight is 1690 g/mol. The molecule has 0 radical (unpaired) electrons. The zero-order chi connectivity index (χ0) is 88.0. The summed E-state index contributed by atoms with van der Waals surface area (Å²) >= 11 is 0. The maximum atomic E-state index is 13.6. The number of ether oxygens (including phenoxy) is 10. The van der Waals surface area contributed by atoms with E-state index in [1.54, 1.807) is 39.0 Å². The van der Waals surface area contributed by atoms with Gasteiger partial charge in [0.1, 0.15) is 18.4 Å². The molecule has 4 atom stereocenters. The number of hydrogen-bond donors (Lipinski definition) is 14. The van der Waals surface area contributed by atoms with Gasteiger partial charge in [0, 0.05) is 123 Å². The Morgan fingerprint density at radius 2 is 0.754 bits per heavy atom. The van der Waals surface area contributed by atoms with Gasteiger partial charge in [0.25, 0.3) is 0 Å². The average Bonchev–Trinajstić information content (AvgIpc) is 0.835. The van der Waals surface area contributed by atoms with Crippen LogP contribution in [0.15, 0.2) is 18.2 Å². The monoisotopic (exact) mass is 1680 g/mol. The lowest BCUT2D eigenvalue weighted by molar-refractivity contribution is -0.192. The fraction of sp³-hybridized carbons (Fsp3) is 0.747. The molecule has 0 fully saturated rings. The van der Waals surface area contributed by atoms with Crippen LogP contribution < -0.4 is 69.4 Å². The molecule has 0 spiro atoms. The van der Waals surface area contributed by atoms with Crippen molar-refractivity contribution in [1.82, 2.24) is 47.9 Å². The molecule has 674 valence electrons.